The Morgan fingerprint density at radius 2 is 2.36 bits per heavy atom. The maximum atomic E-state index is 12.5. The number of nitrogens with zero attached hydrogens (tertiary/aromatic N) is 5. The molecule has 0 bridgehead atoms. The minimum atomic E-state index is -0.0673. The maximum Gasteiger partial charge on any atom is 0.274 e. The summed E-state index contributed by atoms with van der Waals surface area (Å²) in [6, 6.07) is 1.97. The second-order valence-corrected chi connectivity index (χ2v) is 6.86. The summed E-state index contributed by atoms with van der Waals surface area (Å²) >= 11 is 1.60. The molecule has 128 valence electrons. The molecule has 1 fully saturated rings. The molecule has 1 aliphatic heterocycles. The van der Waals surface area contributed by atoms with Crippen molar-refractivity contribution in [2.24, 2.45) is 5.92 Å². The number of amides is 1. The standard InChI is InChI=1S/C17H17N5O2S/c23-17(14-9-18-4-5-19-14)22-6-1-2-12(10-22)8-15-20-16(21-24-15)13-3-7-25-11-13/h3-5,7,9,11-12H,1-2,6,8,10H2/t12-/m1/s1. The van der Waals surface area contributed by atoms with Crippen molar-refractivity contribution in [3.8, 4) is 11.4 Å². The molecule has 8 heteroatoms. The van der Waals surface area contributed by atoms with Gasteiger partial charge in [0.1, 0.15) is 5.69 Å². The lowest BCUT2D eigenvalue weighted by Crippen LogP contribution is -2.40. The summed E-state index contributed by atoms with van der Waals surface area (Å²) in [6.07, 6.45) is 7.30. The summed E-state index contributed by atoms with van der Waals surface area (Å²) in [7, 11) is 0. The van der Waals surface area contributed by atoms with Crippen LogP contribution in [0.25, 0.3) is 11.4 Å². The lowest BCUT2D eigenvalue weighted by Gasteiger charge is -2.31. The van der Waals surface area contributed by atoms with Gasteiger partial charge >= 0.3 is 0 Å². The van der Waals surface area contributed by atoms with Crippen molar-refractivity contribution in [3.05, 3.63) is 47.0 Å². The normalized spacial score (nSPS) is 17.6. The zero-order valence-electron chi connectivity index (χ0n) is 13.5. The van der Waals surface area contributed by atoms with Gasteiger partial charge < -0.3 is 9.42 Å². The van der Waals surface area contributed by atoms with E-state index in [-0.39, 0.29) is 5.91 Å². The predicted octanol–water partition coefficient (Wildman–Crippen LogP) is 2.68. The van der Waals surface area contributed by atoms with E-state index in [1.165, 1.54) is 6.20 Å². The van der Waals surface area contributed by atoms with Crippen LogP contribution >= 0.6 is 11.3 Å². The molecule has 4 heterocycles. The topological polar surface area (TPSA) is 85.0 Å². The van der Waals surface area contributed by atoms with Crippen molar-refractivity contribution in [2.45, 2.75) is 19.3 Å². The SMILES string of the molecule is O=C(c1cnccn1)N1CCC[C@H](Cc2nc(-c3ccsc3)no2)C1. The molecular formula is C17H17N5O2S. The van der Waals surface area contributed by atoms with Crippen molar-refractivity contribution >= 4 is 17.2 Å². The minimum Gasteiger partial charge on any atom is -0.339 e. The van der Waals surface area contributed by atoms with Crippen LogP contribution in [-0.2, 0) is 6.42 Å². The van der Waals surface area contributed by atoms with E-state index in [4.69, 9.17) is 4.52 Å². The molecule has 1 atom stereocenters. The van der Waals surface area contributed by atoms with Crippen LogP contribution in [0.4, 0.5) is 0 Å². The molecule has 3 aromatic heterocycles. The highest BCUT2D eigenvalue weighted by atomic mass is 32.1. The van der Waals surface area contributed by atoms with Gasteiger partial charge in [0.05, 0.1) is 6.20 Å². The van der Waals surface area contributed by atoms with Crippen LogP contribution in [0.15, 0.2) is 39.9 Å². The Kier molecular flexibility index (Phi) is 4.51. The first kappa shape index (κ1) is 15.9. The van der Waals surface area contributed by atoms with Gasteiger partial charge in [-0.1, -0.05) is 5.16 Å². The summed E-state index contributed by atoms with van der Waals surface area (Å²) in [5, 5.41) is 8.03. The Balaban J connectivity index is 1.41. The molecule has 0 aromatic carbocycles. The van der Waals surface area contributed by atoms with Crippen LogP contribution in [0, 0.1) is 5.92 Å². The van der Waals surface area contributed by atoms with E-state index in [0.717, 1.165) is 24.9 Å². The predicted molar refractivity (Wildman–Crippen MR) is 92.0 cm³/mol. The van der Waals surface area contributed by atoms with Crippen molar-refractivity contribution in [1.82, 2.24) is 25.0 Å². The monoisotopic (exact) mass is 355 g/mol. The molecule has 4 rings (SSSR count). The van der Waals surface area contributed by atoms with E-state index in [2.05, 4.69) is 20.1 Å². The third-order valence-corrected chi connectivity index (χ3v) is 4.98. The fourth-order valence-electron chi connectivity index (χ4n) is 3.08. The third-order valence-electron chi connectivity index (χ3n) is 4.30. The first-order chi connectivity index (χ1) is 12.3. The molecule has 0 saturated carbocycles. The number of hydrogen-bond donors (Lipinski definition) is 0. The smallest absolute Gasteiger partial charge is 0.274 e. The van der Waals surface area contributed by atoms with Crippen LogP contribution in [0.2, 0.25) is 0 Å². The van der Waals surface area contributed by atoms with Gasteiger partial charge in [-0.25, -0.2) is 4.98 Å². The van der Waals surface area contributed by atoms with Crippen molar-refractivity contribution in [1.29, 1.82) is 0 Å². The quantitative estimate of drug-likeness (QED) is 0.715. The number of aromatic nitrogens is 4. The summed E-state index contributed by atoms with van der Waals surface area (Å²) in [4.78, 5) is 26.9. The molecule has 7 nitrogen and oxygen atoms in total. The number of carbonyl (C=O) groups is 1. The molecule has 0 aliphatic carbocycles. The first-order valence-corrected chi connectivity index (χ1v) is 9.14. The molecule has 0 unspecified atom stereocenters. The van der Waals surface area contributed by atoms with Gasteiger partial charge in [0.2, 0.25) is 11.7 Å². The molecule has 25 heavy (non-hydrogen) atoms. The molecule has 1 aliphatic rings. The second kappa shape index (κ2) is 7.10. The van der Waals surface area contributed by atoms with Gasteiger partial charge in [-0.2, -0.15) is 16.3 Å². The highest BCUT2D eigenvalue weighted by Gasteiger charge is 2.26. The van der Waals surface area contributed by atoms with Gasteiger partial charge in [0.15, 0.2) is 0 Å². The van der Waals surface area contributed by atoms with Crippen LogP contribution in [0.3, 0.4) is 0 Å². The number of thiophene rings is 1. The summed E-state index contributed by atoms with van der Waals surface area (Å²) in [5.41, 5.74) is 1.36. The largest absolute Gasteiger partial charge is 0.339 e. The number of carbonyl (C=O) groups excluding carboxylic acids is 1. The van der Waals surface area contributed by atoms with Crippen molar-refractivity contribution in [2.75, 3.05) is 13.1 Å². The lowest BCUT2D eigenvalue weighted by atomic mass is 9.94. The second-order valence-electron chi connectivity index (χ2n) is 6.08. The Morgan fingerprint density at radius 1 is 1.40 bits per heavy atom. The fraction of sp³-hybridized carbons (Fsp3) is 0.353. The lowest BCUT2D eigenvalue weighted by molar-refractivity contribution is 0.0661. The molecule has 1 saturated heterocycles. The van der Waals surface area contributed by atoms with E-state index in [1.807, 2.05) is 21.7 Å². The number of piperidine rings is 1. The number of hydrogen-bond acceptors (Lipinski definition) is 7. The number of likely N-dealkylation sites (tertiary alicyclic amines) is 1. The van der Waals surface area contributed by atoms with Crippen LogP contribution in [0.1, 0.15) is 29.2 Å². The average molecular weight is 355 g/mol. The first-order valence-electron chi connectivity index (χ1n) is 8.20. The Hall–Kier alpha value is -2.61. The molecule has 3 aromatic rings. The van der Waals surface area contributed by atoms with Crippen molar-refractivity contribution < 1.29 is 9.32 Å². The third kappa shape index (κ3) is 3.58. The molecule has 0 N–H and O–H groups in total. The van der Waals surface area contributed by atoms with Crippen molar-refractivity contribution in [3.63, 3.8) is 0 Å². The number of rotatable bonds is 4. The molecular weight excluding hydrogens is 338 g/mol. The fourth-order valence-corrected chi connectivity index (χ4v) is 3.72. The van der Waals surface area contributed by atoms with Crippen LogP contribution in [0.5, 0.6) is 0 Å². The Labute approximate surface area is 148 Å². The van der Waals surface area contributed by atoms with E-state index < -0.39 is 0 Å². The van der Waals surface area contributed by atoms with E-state index >= 15 is 0 Å². The van der Waals surface area contributed by atoms with Gasteiger partial charge in [0.25, 0.3) is 5.91 Å². The Morgan fingerprint density at radius 3 is 3.16 bits per heavy atom. The zero-order valence-corrected chi connectivity index (χ0v) is 14.4. The average Bonchev–Trinajstić information content (AvgIpc) is 3.34. The van der Waals surface area contributed by atoms with E-state index in [0.29, 0.717) is 36.3 Å². The zero-order chi connectivity index (χ0) is 17.1. The minimum absolute atomic E-state index is 0.0673. The molecule has 1 amide bonds. The van der Waals surface area contributed by atoms with Crippen LogP contribution < -0.4 is 0 Å². The van der Waals surface area contributed by atoms with Crippen LogP contribution in [-0.4, -0.2) is 44.0 Å². The highest BCUT2D eigenvalue weighted by Crippen LogP contribution is 2.23. The van der Waals surface area contributed by atoms with E-state index in [1.54, 1.807) is 23.7 Å². The van der Waals surface area contributed by atoms with Gasteiger partial charge in [-0.15, -0.1) is 0 Å². The summed E-state index contributed by atoms with van der Waals surface area (Å²) in [6.45, 7) is 1.42. The van der Waals surface area contributed by atoms with E-state index in [9.17, 15) is 4.79 Å². The maximum absolute atomic E-state index is 12.5. The highest BCUT2D eigenvalue weighted by molar-refractivity contribution is 7.08. The van der Waals surface area contributed by atoms with Gasteiger partial charge in [-0.3, -0.25) is 9.78 Å². The molecule has 0 spiro atoms. The summed E-state index contributed by atoms with van der Waals surface area (Å²) < 4.78 is 5.39. The van der Waals surface area contributed by atoms with Gasteiger partial charge in [-0.05, 0) is 30.2 Å². The summed E-state index contributed by atoms with van der Waals surface area (Å²) in [5.74, 6) is 1.49. The van der Waals surface area contributed by atoms with Gasteiger partial charge in [0, 0.05) is 42.8 Å². The molecule has 0 radical (unpaired) electrons. The Bertz CT molecular complexity index is 834.